The predicted octanol–water partition coefficient (Wildman–Crippen LogP) is 2.52. The number of nitrogens with zero attached hydrogens (tertiary/aromatic N) is 1. The summed E-state index contributed by atoms with van der Waals surface area (Å²) in [5.41, 5.74) is 3.06. The number of rotatable bonds is 3. The first-order valence-corrected chi connectivity index (χ1v) is 4.18. The second-order valence-corrected chi connectivity index (χ2v) is 2.87. The second kappa shape index (κ2) is 4.78. The van der Waals surface area contributed by atoms with Crippen LogP contribution in [0.5, 0.6) is 5.75 Å². The molecular weight excluding hydrogens is 254 g/mol. The van der Waals surface area contributed by atoms with Gasteiger partial charge in [-0.25, -0.2) is 13.8 Å². The van der Waals surface area contributed by atoms with E-state index in [1.165, 1.54) is 0 Å². The number of aromatic nitrogens is 1. The molecule has 0 radical (unpaired) electrons. The van der Waals surface area contributed by atoms with E-state index in [2.05, 4.69) is 9.72 Å². The quantitative estimate of drug-likeness (QED) is 0.671. The van der Waals surface area contributed by atoms with Crippen LogP contribution in [-0.2, 0) is 6.54 Å². The molecule has 0 bridgehead atoms. The van der Waals surface area contributed by atoms with E-state index in [0.717, 1.165) is 0 Å². The van der Waals surface area contributed by atoms with Crippen LogP contribution in [0.2, 0.25) is 0 Å². The molecule has 96 valence electrons. The monoisotopic (exact) mass is 260 g/mol. The Morgan fingerprint density at radius 1 is 1.35 bits per heavy atom. The van der Waals surface area contributed by atoms with Crippen molar-refractivity contribution in [2.24, 2.45) is 5.73 Å². The Balaban J connectivity index is 3.32. The minimum absolute atomic E-state index is 0.507. The van der Waals surface area contributed by atoms with Gasteiger partial charge in [-0.1, -0.05) is 0 Å². The van der Waals surface area contributed by atoms with Crippen molar-refractivity contribution in [3.05, 3.63) is 23.3 Å². The van der Waals surface area contributed by atoms with Crippen LogP contribution in [0.25, 0.3) is 0 Å². The van der Waals surface area contributed by atoms with E-state index >= 15 is 0 Å². The number of alkyl halides is 5. The molecule has 0 aliphatic heterocycles. The predicted molar refractivity (Wildman–Crippen MR) is 43.7 cm³/mol. The first-order valence-electron chi connectivity index (χ1n) is 4.18. The zero-order valence-corrected chi connectivity index (χ0v) is 8.06. The lowest BCUT2D eigenvalue weighted by molar-refractivity contribution is -0.275. The highest BCUT2D eigenvalue weighted by atomic mass is 19.4. The van der Waals surface area contributed by atoms with Crippen LogP contribution >= 0.6 is 0 Å². The van der Waals surface area contributed by atoms with Crippen molar-refractivity contribution in [3.8, 4) is 5.75 Å². The van der Waals surface area contributed by atoms with E-state index in [9.17, 15) is 26.3 Å². The third kappa shape index (κ3) is 3.48. The van der Waals surface area contributed by atoms with Gasteiger partial charge in [0.15, 0.2) is 11.4 Å². The van der Waals surface area contributed by atoms with Gasteiger partial charge in [0.05, 0.1) is 0 Å². The Morgan fingerprint density at radius 3 is 2.35 bits per heavy atom. The van der Waals surface area contributed by atoms with Gasteiger partial charge in [0, 0.05) is 18.2 Å². The molecule has 0 unspecified atom stereocenters. The average molecular weight is 260 g/mol. The highest BCUT2D eigenvalue weighted by Crippen LogP contribution is 2.34. The minimum atomic E-state index is -5.19. The van der Waals surface area contributed by atoms with Crippen molar-refractivity contribution in [1.82, 2.24) is 4.98 Å². The molecule has 0 aliphatic rings. The molecule has 0 fully saturated rings. The van der Waals surface area contributed by atoms with Gasteiger partial charge in [0.25, 0.3) is 6.43 Å². The minimum Gasteiger partial charge on any atom is -0.403 e. The smallest absolute Gasteiger partial charge is 0.403 e. The van der Waals surface area contributed by atoms with Crippen LogP contribution in [-0.4, -0.2) is 11.3 Å². The fraction of sp³-hybridized carbons (Fsp3) is 0.375. The van der Waals surface area contributed by atoms with Crippen molar-refractivity contribution in [1.29, 1.82) is 0 Å². The van der Waals surface area contributed by atoms with E-state index in [4.69, 9.17) is 5.73 Å². The molecule has 1 heterocycles. The third-order valence-corrected chi connectivity index (χ3v) is 1.69. The largest absolute Gasteiger partial charge is 0.573 e. The summed E-state index contributed by atoms with van der Waals surface area (Å²) in [5.74, 6) is -2.60. The second-order valence-electron chi connectivity index (χ2n) is 2.87. The first kappa shape index (κ1) is 13.6. The Bertz CT molecular complexity index is 406. The van der Waals surface area contributed by atoms with E-state index in [1.807, 2.05) is 0 Å². The molecule has 17 heavy (non-hydrogen) atoms. The van der Waals surface area contributed by atoms with Gasteiger partial charge in [-0.15, -0.1) is 13.2 Å². The average Bonchev–Trinajstić information content (AvgIpc) is 2.17. The van der Waals surface area contributed by atoms with Crippen LogP contribution in [0.15, 0.2) is 6.07 Å². The molecule has 0 saturated carbocycles. The van der Waals surface area contributed by atoms with Crippen LogP contribution in [0.4, 0.5) is 26.3 Å². The summed E-state index contributed by atoms with van der Waals surface area (Å²) >= 11 is 0. The number of ether oxygens (including phenoxy) is 1. The van der Waals surface area contributed by atoms with E-state index in [1.54, 1.807) is 0 Å². The molecule has 0 aliphatic carbocycles. The topological polar surface area (TPSA) is 48.1 Å². The Hall–Kier alpha value is -1.51. The third-order valence-electron chi connectivity index (χ3n) is 1.69. The fourth-order valence-electron chi connectivity index (χ4n) is 1.11. The van der Waals surface area contributed by atoms with Gasteiger partial charge in [0.2, 0.25) is 5.95 Å². The summed E-state index contributed by atoms with van der Waals surface area (Å²) in [4.78, 5) is 2.67. The number of pyridine rings is 1. The fourth-order valence-corrected chi connectivity index (χ4v) is 1.11. The first-order chi connectivity index (χ1) is 7.74. The molecule has 3 nitrogen and oxygen atoms in total. The summed E-state index contributed by atoms with van der Waals surface area (Å²) in [6, 6.07) is 0.507. The molecule has 1 rings (SSSR count). The molecule has 0 amide bonds. The van der Waals surface area contributed by atoms with Crippen LogP contribution in [0.3, 0.4) is 0 Å². The summed E-state index contributed by atoms with van der Waals surface area (Å²) < 4.78 is 76.8. The van der Waals surface area contributed by atoms with E-state index in [0.29, 0.717) is 6.07 Å². The molecule has 0 spiro atoms. The van der Waals surface area contributed by atoms with Gasteiger partial charge in [0.1, 0.15) is 0 Å². The molecule has 0 aromatic carbocycles. The summed E-state index contributed by atoms with van der Waals surface area (Å²) in [6.45, 7) is -0.593. The van der Waals surface area contributed by atoms with Crippen molar-refractivity contribution in [2.75, 3.05) is 0 Å². The van der Waals surface area contributed by atoms with Gasteiger partial charge in [-0.3, -0.25) is 0 Å². The summed E-state index contributed by atoms with van der Waals surface area (Å²) in [6.07, 6.45) is -8.60. The van der Waals surface area contributed by atoms with E-state index < -0.39 is 42.3 Å². The zero-order chi connectivity index (χ0) is 13.2. The lowest BCUT2D eigenvalue weighted by atomic mass is 10.2. The number of halogens is 6. The maximum Gasteiger partial charge on any atom is 0.573 e. The van der Waals surface area contributed by atoms with Crippen molar-refractivity contribution in [2.45, 2.75) is 19.3 Å². The Morgan fingerprint density at radius 2 is 1.94 bits per heavy atom. The molecule has 0 saturated heterocycles. The molecule has 1 aromatic rings. The molecule has 1 aromatic heterocycles. The number of hydrogen-bond donors (Lipinski definition) is 1. The highest BCUT2D eigenvalue weighted by molar-refractivity contribution is 5.38. The van der Waals surface area contributed by atoms with Crippen molar-refractivity contribution < 1.29 is 31.1 Å². The summed E-state index contributed by atoms with van der Waals surface area (Å²) in [5, 5.41) is 0. The SMILES string of the molecule is NCc1cc(F)nc(C(F)F)c1OC(F)(F)F. The van der Waals surface area contributed by atoms with Gasteiger partial charge < -0.3 is 10.5 Å². The molecule has 2 N–H and O–H groups in total. The highest BCUT2D eigenvalue weighted by Gasteiger charge is 2.35. The van der Waals surface area contributed by atoms with E-state index in [-0.39, 0.29) is 0 Å². The van der Waals surface area contributed by atoms with Crippen molar-refractivity contribution in [3.63, 3.8) is 0 Å². The van der Waals surface area contributed by atoms with Crippen LogP contribution < -0.4 is 10.5 Å². The lowest BCUT2D eigenvalue weighted by Crippen LogP contribution is -2.21. The maximum absolute atomic E-state index is 12.8. The standard InChI is InChI=1S/C8H6F6N2O/c9-4-1-3(2-15)6(17-8(12,13)14)5(16-4)7(10)11/h1,7H,2,15H2. The summed E-state index contributed by atoms with van der Waals surface area (Å²) in [7, 11) is 0. The molecule has 9 heteroatoms. The number of hydrogen-bond acceptors (Lipinski definition) is 3. The zero-order valence-electron chi connectivity index (χ0n) is 8.06. The van der Waals surface area contributed by atoms with Gasteiger partial charge >= 0.3 is 6.36 Å². The van der Waals surface area contributed by atoms with Crippen molar-refractivity contribution >= 4 is 0 Å². The van der Waals surface area contributed by atoms with Gasteiger partial charge in [-0.2, -0.15) is 4.39 Å². The normalized spacial score (nSPS) is 12.0. The molecule has 0 atom stereocenters. The van der Waals surface area contributed by atoms with Crippen LogP contribution in [0.1, 0.15) is 17.7 Å². The van der Waals surface area contributed by atoms with Gasteiger partial charge in [-0.05, 0) is 0 Å². The Kier molecular flexibility index (Phi) is 3.81. The Labute approximate surface area is 91.2 Å². The molecular formula is C8H6F6N2O. The van der Waals surface area contributed by atoms with Crippen LogP contribution in [0, 0.1) is 5.95 Å². The number of nitrogens with two attached hydrogens (primary N) is 1. The lowest BCUT2D eigenvalue weighted by Gasteiger charge is -2.15. The maximum atomic E-state index is 12.8.